The van der Waals surface area contributed by atoms with Gasteiger partial charge in [-0.2, -0.15) is 0 Å². The fraction of sp³-hybridized carbons (Fsp3) is 0.400. The van der Waals surface area contributed by atoms with Crippen LogP contribution in [0.3, 0.4) is 0 Å². The number of allylic oxidation sites excluding steroid dienone is 1. The molecule has 0 amide bonds. The van der Waals surface area contributed by atoms with Crippen LogP contribution < -0.4 is 10.6 Å². The molecule has 0 aromatic heterocycles. The molecule has 1 saturated heterocycles. The standard InChI is InChI=1S/C15H22N6/c1-3-5-13(16)21-9-4-6-11(10-21)20-15(18-2)12-7-8-19-14(12)17/h3,5,7-8,11,16,20H,2,4,6,9-10H2,1H3,(H2,17,19)/b5-3+,15-12+,16-13?/t11-/m1/s1. The molecule has 0 aliphatic carbocycles. The number of nitrogens with one attached hydrogen (secondary N) is 4. The van der Waals surface area contributed by atoms with E-state index in [1.807, 2.05) is 25.2 Å². The van der Waals surface area contributed by atoms with E-state index in [0.29, 0.717) is 17.5 Å². The molecule has 21 heavy (non-hydrogen) atoms. The summed E-state index contributed by atoms with van der Waals surface area (Å²) in [6.07, 6.45) is 9.29. The summed E-state index contributed by atoms with van der Waals surface area (Å²) in [6.45, 7) is 7.19. The third-order valence-electron chi connectivity index (χ3n) is 3.59. The van der Waals surface area contributed by atoms with Crippen molar-refractivity contribution in [2.75, 3.05) is 13.1 Å². The normalized spacial score (nSPS) is 24.1. The number of aliphatic imine (C=N–C) groups is 1. The molecule has 2 aliphatic rings. The molecule has 1 atom stereocenters. The maximum atomic E-state index is 8.01. The Morgan fingerprint density at radius 2 is 2.43 bits per heavy atom. The second-order valence-electron chi connectivity index (χ2n) is 5.09. The molecule has 4 N–H and O–H groups in total. The third kappa shape index (κ3) is 3.59. The van der Waals surface area contributed by atoms with Crippen molar-refractivity contribution >= 4 is 18.4 Å². The van der Waals surface area contributed by atoms with Crippen LogP contribution in [-0.4, -0.2) is 42.4 Å². The van der Waals surface area contributed by atoms with E-state index in [4.69, 9.17) is 10.8 Å². The molecule has 2 heterocycles. The fourth-order valence-corrected chi connectivity index (χ4v) is 2.55. The Labute approximate surface area is 125 Å². The van der Waals surface area contributed by atoms with Crippen LogP contribution in [0.2, 0.25) is 0 Å². The first-order valence-corrected chi connectivity index (χ1v) is 7.11. The second kappa shape index (κ2) is 6.88. The molecule has 0 radical (unpaired) electrons. The van der Waals surface area contributed by atoms with Crippen molar-refractivity contribution in [3.63, 3.8) is 0 Å². The van der Waals surface area contributed by atoms with Crippen molar-refractivity contribution in [2.24, 2.45) is 4.99 Å². The van der Waals surface area contributed by atoms with Gasteiger partial charge < -0.3 is 15.5 Å². The van der Waals surface area contributed by atoms with Crippen LogP contribution in [0.5, 0.6) is 0 Å². The largest absolute Gasteiger partial charge is 0.365 e. The molecular weight excluding hydrogens is 264 g/mol. The van der Waals surface area contributed by atoms with Crippen LogP contribution in [0.1, 0.15) is 19.8 Å². The van der Waals surface area contributed by atoms with Gasteiger partial charge in [0.1, 0.15) is 17.5 Å². The van der Waals surface area contributed by atoms with Gasteiger partial charge in [-0.05, 0) is 38.6 Å². The van der Waals surface area contributed by atoms with E-state index in [-0.39, 0.29) is 6.04 Å². The Bertz CT molecular complexity index is 528. The van der Waals surface area contributed by atoms with Gasteiger partial charge in [0, 0.05) is 25.3 Å². The molecule has 0 bridgehead atoms. The van der Waals surface area contributed by atoms with E-state index in [0.717, 1.165) is 31.5 Å². The predicted octanol–water partition coefficient (Wildman–Crippen LogP) is 1.60. The zero-order valence-corrected chi connectivity index (χ0v) is 12.3. The maximum Gasteiger partial charge on any atom is 0.136 e. The first kappa shape index (κ1) is 15.0. The van der Waals surface area contributed by atoms with Crippen LogP contribution in [0.25, 0.3) is 0 Å². The number of likely N-dealkylation sites (tertiary alicyclic amines) is 1. The van der Waals surface area contributed by atoms with E-state index in [2.05, 4.69) is 27.2 Å². The molecule has 0 aromatic rings. The van der Waals surface area contributed by atoms with Crippen molar-refractivity contribution in [3.05, 3.63) is 35.8 Å². The molecule has 0 aromatic carbocycles. The van der Waals surface area contributed by atoms with E-state index in [9.17, 15) is 0 Å². The summed E-state index contributed by atoms with van der Waals surface area (Å²) in [5.41, 5.74) is 0.727. The molecular formula is C15H22N6. The summed E-state index contributed by atoms with van der Waals surface area (Å²) in [5, 5.41) is 22.0. The topological polar surface area (TPSA) is 87.4 Å². The van der Waals surface area contributed by atoms with Gasteiger partial charge in [0.25, 0.3) is 0 Å². The van der Waals surface area contributed by atoms with Gasteiger partial charge in [-0.25, -0.2) is 4.99 Å². The van der Waals surface area contributed by atoms with Crippen LogP contribution >= 0.6 is 0 Å². The third-order valence-corrected chi connectivity index (χ3v) is 3.59. The lowest BCUT2D eigenvalue weighted by molar-refractivity contribution is 0.286. The van der Waals surface area contributed by atoms with Gasteiger partial charge in [0.05, 0.1) is 5.57 Å². The van der Waals surface area contributed by atoms with E-state index in [1.54, 1.807) is 6.20 Å². The molecule has 2 aliphatic heterocycles. The average Bonchev–Trinajstić information content (AvgIpc) is 2.91. The Balaban J connectivity index is 2.05. The highest BCUT2D eigenvalue weighted by atomic mass is 15.2. The zero-order chi connectivity index (χ0) is 15.2. The van der Waals surface area contributed by atoms with Crippen molar-refractivity contribution in [1.82, 2.24) is 15.5 Å². The molecule has 0 spiro atoms. The molecule has 112 valence electrons. The molecule has 6 heteroatoms. The first-order chi connectivity index (χ1) is 10.2. The minimum absolute atomic E-state index is 0.208. The molecule has 0 unspecified atom stereocenters. The summed E-state index contributed by atoms with van der Waals surface area (Å²) in [7, 11) is 0. The van der Waals surface area contributed by atoms with E-state index < -0.39 is 0 Å². The summed E-state index contributed by atoms with van der Waals surface area (Å²) in [4.78, 5) is 6.08. The Hall–Kier alpha value is -2.37. The lowest BCUT2D eigenvalue weighted by atomic mass is 10.1. The number of hydrogen-bond donors (Lipinski definition) is 4. The predicted molar refractivity (Wildman–Crippen MR) is 86.8 cm³/mol. The monoisotopic (exact) mass is 286 g/mol. The SMILES string of the molecule is C=N/C(N[C@@H]1CCCN(C(=N)/C=C/C)C1)=C1/C=CNC1=N. The highest BCUT2D eigenvalue weighted by molar-refractivity contribution is 6.02. The molecule has 6 nitrogen and oxygen atoms in total. The minimum Gasteiger partial charge on any atom is -0.365 e. The van der Waals surface area contributed by atoms with Gasteiger partial charge >= 0.3 is 0 Å². The highest BCUT2D eigenvalue weighted by Gasteiger charge is 2.22. The van der Waals surface area contributed by atoms with Crippen molar-refractivity contribution in [2.45, 2.75) is 25.8 Å². The quantitative estimate of drug-likeness (QED) is 0.467. The van der Waals surface area contributed by atoms with Crippen LogP contribution in [0.15, 0.2) is 40.8 Å². The Kier molecular flexibility index (Phi) is 4.92. The van der Waals surface area contributed by atoms with Gasteiger partial charge in [-0.15, -0.1) is 0 Å². The summed E-state index contributed by atoms with van der Waals surface area (Å²) in [5.74, 6) is 1.50. The molecule has 0 saturated carbocycles. The summed E-state index contributed by atoms with van der Waals surface area (Å²) < 4.78 is 0. The second-order valence-corrected chi connectivity index (χ2v) is 5.09. The number of rotatable bonds is 4. The van der Waals surface area contributed by atoms with Gasteiger partial charge in [-0.3, -0.25) is 10.8 Å². The average molecular weight is 286 g/mol. The highest BCUT2D eigenvalue weighted by Crippen LogP contribution is 2.15. The van der Waals surface area contributed by atoms with Crippen molar-refractivity contribution in [3.8, 4) is 0 Å². The van der Waals surface area contributed by atoms with Gasteiger partial charge in [-0.1, -0.05) is 6.08 Å². The summed E-state index contributed by atoms with van der Waals surface area (Å²) in [6, 6.07) is 0.208. The smallest absolute Gasteiger partial charge is 0.136 e. The van der Waals surface area contributed by atoms with Crippen LogP contribution in [0, 0.1) is 10.8 Å². The number of nitrogens with zero attached hydrogens (tertiary/aromatic N) is 2. The van der Waals surface area contributed by atoms with Crippen LogP contribution in [0.4, 0.5) is 0 Å². The molecule has 1 fully saturated rings. The van der Waals surface area contributed by atoms with E-state index in [1.165, 1.54) is 0 Å². The van der Waals surface area contributed by atoms with Crippen molar-refractivity contribution in [1.29, 1.82) is 10.8 Å². The molecule has 2 rings (SSSR count). The van der Waals surface area contributed by atoms with Crippen molar-refractivity contribution < 1.29 is 0 Å². The number of hydrogen-bond acceptors (Lipinski definition) is 4. The maximum absolute atomic E-state index is 8.01. The summed E-state index contributed by atoms with van der Waals surface area (Å²) >= 11 is 0. The Morgan fingerprint density at radius 3 is 3.05 bits per heavy atom. The zero-order valence-electron chi connectivity index (χ0n) is 12.3. The van der Waals surface area contributed by atoms with E-state index >= 15 is 0 Å². The Morgan fingerprint density at radius 1 is 1.62 bits per heavy atom. The van der Waals surface area contributed by atoms with Gasteiger partial charge in [0.15, 0.2) is 0 Å². The van der Waals surface area contributed by atoms with Crippen LogP contribution in [-0.2, 0) is 0 Å². The number of amidine groups is 2. The first-order valence-electron chi connectivity index (χ1n) is 7.11. The lowest BCUT2D eigenvalue weighted by Gasteiger charge is -2.34. The number of piperidine rings is 1. The fourth-order valence-electron chi connectivity index (χ4n) is 2.55. The lowest BCUT2D eigenvalue weighted by Crippen LogP contribution is -2.47. The van der Waals surface area contributed by atoms with Gasteiger partial charge in [0.2, 0.25) is 0 Å². The minimum atomic E-state index is 0.208.